The Kier molecular flexibility index (Phi) is 4.04. The van der Waals surface area contributed by atoms with Crippen molar-refractivity contribution >= 4 is 21.7 Å². The molecule has 7 nitrogen and oxygen atoms in total. The molecule has 0 radical (unpaired) electrons. The van der Waals surface area contributed by atoms with Crippen molar-refractivity contribution in [3.05, 3.63) is 48.3 Å². The molecule has 0 aliphatic rings. The lowest BCUT2D eigenvalue weighted by Gasteiger charge is -2.08. The quantitative estimate of drug-likeness (QED) is 0.819. The van der Waals surface area contributed by atoms with Gasteiger partial charge in [0.15, 0.2) is 5.75 Å². The van der Waals surface area contributed by atoms with Gasteiger partial charge in [-0.1, -0.05) is 12.1 Å². The lowest BCUT2D eigenvalue weighted by molar-refractivity contribution is -0.134. The van der Waals surface area contributed by atoms with Gasteiger partial charge in [0.05, 0.1) is 6.54 Å². The van der Waals surface area contributed by atoms with Crippen LogP contribution in [0.25, 0.3) is 0 Å². The first-order valence-electron chi connectivity index (χ1n) is 5.73. The first-order chi connectivity index (χ1) is 9.44. The van der Waals surface area contributed by atoms with Crippen molar-refractivity contribution in [2.45, 2.75) is 6.54 Å². The summed E-state index contributed by atoms with van der Waals surface area (Å²) in [6, 6.07) is 8.51. The SMILES string of the molecule is O=C(O)CS(=O)(=O)Nc1cccc(Cn2cccn2)c1. The van der Waals surface area contributed by atoms with E-state index in [1.165, 1.54) is 0 Å². The maximum atomic E-state index is 11.5. The van der Waals surface area contributed by atoms with Gasteiger partial charge in [-0.2, -0.15) is 5.10 Å². The second-order valence-electron chi connectivity index (χ2n) is 4.16. The number of aliphatic carboxylic acids is 1. The van der Waals surface area contributed by atoms with Crippen LogP contribution in [0.15, 0.2) is 42.7 Å². The van der Waals surface area contributed by atoms with Gasteiger partial charge in [0.1, 0.15) is 0 Å². The summed E-state index contributed by atoms with van der Waals surface area (Å²) >= 11 is 0. The zero-order chi connectivity index (χ0) is 14.6. The standard InChI is InChI=1S/C12H13N3O4S/c16-12(17)9-20(18,19)14-11-4-1-3-10(7-11)8-15-6-2-5-13-15/h1-7,14H,8-9H2,(H,16,17). The first-order valence-corrected chi connectivity index (χ1v) is 7.38. The molecule has 8 heteroatoms. The van der Waals surface area contributed by atoms with Crippen LogP contribution in [0.5, 0.6) is 0 Å². The van der Waals surface area contributed by atoms with E-state index in [2.05, 4.69) is 9.82 Å². The largest absolute Gasteiger partial charge is 0.480 e. The highest BCUT2D eigenvalue weighted by Crippen LogP contribution is 2.13. The monoisotopic (exact) mass is 295 g/mol. The Balaban J connectivity index is 2.12. The van der Waals surface area contributed by atoms with Gasteiger partial charge in [0, 0.05) is 18.1 Å². The summed E-state index contributed by atoms with van der Waals surface area (Å²) in [6.07, 6.45) is 3.45. The Labute approximate surface area is 115 Å². The van der Waals surface area contributed by atoms with Crippen LogP contribution in [0.1, 0.15) is 5.56 Å². The number of aromatic nitrogens is 2. The fraction of sp³-hybridized carbons (Fsp3) is 0.167. The van der Waals surface area contributed by atoms with Crippen molar-refractivity contribution in [2.24, 2.45) is 0 Å². The summed E-state index contributed by atoms with van der Waals surface area (Å²) < 4.78 is 27.0. The number of nitrogens with one attached hydrogen (secondary N) is 1. The van der Waals surface area contributed by atoms with E-state index in [0.717, 1.165) is 5.56 Å². The van der Waals surface area contributed by atoms with Gasteiger partial charge < -0.3 is 5.11 Å². The van der Waals surface area contributed by atoms with E-state index in [4.69, 9.17) is 5.11 Å². The predicted octanol–water partition coefficient (Wildman–Crippen LogP) is 0.758. The average Bonchev–Trinajstić information content (AvgIpc) is 2.79. The summed E-state index contributed by atoms with van der Waals surface area (Å²) in [5.41, 5.74) is 1.18. The zero-order valence-corrected chi connectivity index (χ0v) is 11.2. The van der Waals surface area contributed by atoms with Gasteiger partial charge >= 0.3 is 5.97 Å². The van der Waals surface area contributed by atoms with Crippen LogP contribution in [-0.4, -0.2) is 35.0 Å². The summed E-state index contributed by atoms with van der Waals surface area (Å²) in [5, 5.41) is 12.6. The summed E-state index contributed by atoms with van der Waals surface area (Å²) in [7, 11) is -3.88. The molecular weight excluding hydrogens is 282 g/mol. The lowest BCUT2D eigenvalue weighted by Crippen LogP contribution is -2.22. The van der Waals surface area contributed by atoms with Crippen LogP contribution in [0.4, 0.5) is 5.69 Å². The van der Waals surface area contributed by atoms with E-state index in [9.17, 15) is 13.2 Å². The van der Waals surface area contributed by atoms with E-state index >= 15 is 0 Å². The van der Waals surface area contributed by atoms with Crippen molar-refractivity contribution < 1.29 is 18.3 Å². The fourth-order valence-electron chi connectivity index (χ4n) is 1.69. The second kappa shape index (κ2) is 5.74. The maximum absolute atomic E-state index is 11.5. The Hall–Kier alpha value is -2.35. The van der Waals surface area contributed by atoms with Gasteiger partial charge in [0.2, 0.25) is 10.0 Å². The highest BCUT2D eigenvalue weighted by atomic mass is 32.2. The third kappa shape index (κ3) is 4.09. The summed E-state index contributed by atoms with van der Waals surface area (Å²) in [6.45, 7) is 0.501. The Morgan fingerprint density at radius 3 is 2.80 bits per heavy atom. The Morgan fingerprint density at radius 2 is 2.15 bits per heavy atom. The zero-order valence-electron chi connectivity index (χ0n) is 10.4. The van der Waals surface area contributed by atoms with Gasteiger partial charge in [-0.05, 0) is 23.8 Å². The maximum Gasteiger partial charge on any atom is 0.320 e. The molecule has 1 heterocycles. The van der Waals surface area contributed by atoms with Crippen molar-refractivity contribution in [1.29, 1.82) is 0 Å². The normalized spacial score (nSPS) is 11.2. The number of anilines is 1. The second-order valence-corrected chi connectivity index (χ2v) is 5.88. The summed E-state index contributed by atoms with van der Waals surface area (Å²) in [4.78, 5) is 10.5. The molecule has 0 amide bonds. The molecule has 0 aliphatic carbocycles. The van der Waals surface area contributed by atoms with Crippen molar-refractivity contribution in [3.8, 4) is 0 Å². The van der Waals surface area contributed by atoms with Gasteiger partial charge in [-0.3, -0.25) is 14.2 Å². The molecule has 1 aromatic carbocycles. The molecule has 106 valence electrons. The third-order valence-electron chi connectivity index (χ3n) is 2.42. The molecule has 0 saturated carbocycles. The Morgan fingerprint density at radius 1 is 1.35 bits per heavy atom. The lowest BCUT2D eigenvalue weighted by atomic mass is 10.2. The first kappa shape index (κ1) is 14.1. The smallest absolute Gasteiger partial charge is 0.320 e. The van der Waals surface area contributed by atoms with E-state index in [0.29, 0.717) is 12.2 Å². The molecule has 2 rings (SSSR count). The van der Waals surface area contributed by atoms with Gasteiger partial charge in [0.25, 0.3) is 0 Å². The van der Waals surface area contributed by atoms with Crippen LogP contribution in [0.2, 0.25) is 0 Å². The van der Waals surface area contributed by atoms with E-state index in [1.807, 2.05) is 6.07 Å². The third-order valence-corrected chi connectivity index (χ3v) is 3.59. The minimum absolute atomic E-state index is 0.330. The number of nitrogens with zero attached hydrogens (tertiary/aromatic N) is 2. The van der Waals surface area contributed by atoms with E-state index in [1.54, 1.807) is 41.3 Å². The minimum Gasteiger partial charge on any atom is -0.480 e. The summed E-state index contributed by atoms with van der Waals surface area (Å²) in [5.74, 6) is -2.36. The van der Waals surface area contributed by atoms with Crippen LogP contribution in [0.3, 0.4) is 0 Å². The molecule has 0 fully saturated rings. The predicted molar refractivity (Wildman–Crippen MR) is 72.8 cm³/mol. The number of benzene rings is 1. The molecule has 2 aromatic rings. The van der Waals surface area contributed by atoms with Crippen molar-refractivity contribution in [1.82, 2.24) is 9.78 Å². The molecule has 0 saturated heterocycles. The highest BCUT2D eigenvalue weighted by molar-refractivity contribution is 7.93. The molecule has 2 N–H and O–H groups in total. The van der Waals surface area contributed by atoms with Crippen LogP contribution in [-0.2, 0) is 21.4 Å². The molecule has 0 bridgehead atoms. The van der Waals surface area contributed by atoms with Gasteiger partial charge in [-0.15, -0.1) is 0 Å². The van der Waals surface area contributed by atoms with Crippen LogP contribution < -0.4 is 4.72 Å². The molecule has 1 aromatic heterocycles. The number of carbonyl (C=O) groups is 1. The molecule has 0 spiro atoms. The molecule has 0 aliphatic heterocycles. The fourth-order valence-corrected chi connectivity index (χ4v) is 2.58. The molecular formula is C12H13N3O4S. The number of hydrogen-bond acceptors (Lipinski definition) is 4. The number of rotatable bonds is 6. The molecule has 0 atom stereocenters. The van der Waals surface area contributed by atoms with E-state index < -0.39 is 21.7 Å². The molecule has 0 unspecified atom stereocenters. The van der Waals surface area contributed by atoms with E-state index in [-0.39, 0.29) is 0 Å². The van der Waals surface area contributed by atoms with Gasteiger partial charge in [-0.25, -0.2) is 8.42 Å². The Bertz CT molecular complexity index is 695. The van der Waals surface area contributed by atoms with Crippen molar-refractivity contribution in [3.63, 3.8) is 0 Å². The van der Waals surface area contributed by atoms with Crippen molar-refractivity contribution in [2.75, 3.05) is 10.5 Å². The number of sulfonamides is 1. The topological polar surface area (TPSA) is 101 Å². The van der Waals surface area contributed by atoms with Crippen LogP contribution in [0, 0.1) is 0 Å². The minimum atomic E-state index is -3.88. The number of hydrogen-bond donors (Lipinski definition) is 2. The number of carboxylic acid groups (broad SMARTS) is 1. The van der Waals surface area contributed by atoms with Crippen LogP contribution >= 0.6 is 0 Å². The average molecular weight is 295 g/mol. The number of carboxylic acids is 1. The highest BCUT2D eigenvalue weighted by Gasteiger charge is 2.15. The molecule has 20 heavy (non-hydrogen) atoms.